The van der Waals surface area contributed by atoms with Crippen LogP contribution in [0.3, 0.4) is 0 Å². The van der Waals surface area contributed by atoms with Gasteiger partial charge in [0.05, 0.1) is 11.8 Å². The van der Waals surface area contributed by atoms with E-state index in [-0.39, 0.29) is 0 Å². The maximum Gasteiger partial charge on any atom is 0.151 e. The highest BCUT2D eigenvalue weighted by atomic mass is 32.1. The van der Waals surface area contributed by atoms with Gasteiger partial charge in [0, 0.05) is 6.54 Å². The number of rotatable bonds is 5. The number of hydrogen-bond donors (Lipinski definition) is 1. The van der Waals surface area contributed by atoms with Gasteiger partial charge >= 0.3 is 0 Å². The summed E-state index contributed by atoms with van der Waals surface area (Å²) >= 11 is 1.60. The monoisotopic (exact) mass is 237 g/mol. The van der Waals surface area contributed by atoms with E-state index < -0.39 is 0 Å². The minimum atomic E-state index is 0.654. The maximum atomic E-state index is 5.01. The molecule has 0 bridgehead atoms. The smallest absolute Gasteiger partial charge is 0.151 e. The van der Waals surface area contributed by atoms with Crippen LogP contribution in [0.1, 0.15) is 18.9 Å². The molecule has 0 saturated carbocycles. The molecule has 5 heteroatoms. The van der Waals surface area contributed by atoms with E-state index in [9.17, 15) is 0 Å². The maximum absolute atomic E-state index is 5.01. The van der Waals surface area contributed by atoms with Gasteiger partial charge in [0.1, 0.15) is 11.3 Å². The van der Waals surface area contributed by atoms with Gasteiger partial charge in [-0.05, 0) is 18.5 Å². The topological polar surface area (TPSA) is 51.0 Å². The molecule has 0 amide bonds. The Kier molecular flexibility index (Phi) is 3.69. The average molecular weight is 237 g/mol. The van der Waals surface area contributed by atoms with Crippen LogP contribution in [0.15, 0.2) is 23.0 Å². The van der Waals surface area contributed by atoms with E-state index in [1.165, 1.54) is 0 Å². The number of furan rings is 1. The lowest BCUT2D eigenvalue weighted by molar-refractivity contribution is 0.550. The predicted molar refractivity (Wildman–Crippen MR) is 64.2 cm³/mol. The molecule has 0 fully saturated rings. The molecule has 2 aromatic rings. The van der Waals surface area contributed by atoms with Crippen molar-refractivity contribution in [2.24, 2.45) is 5.92 Å². The number of hydrogen-bond acceptors (Lipinski definition) is 5. The Balaban J connectivity index is 1.93. The zero-order chi connectivity index (χ0) is 11.4. The van der Waals surface area contributed by atoms with Crippen LogP contribution in [0.2, 0.25) is 0 Å². The molecule has 1 N–H and O–H groups in total. The van der Waals surface area contributed by atoms with Crippen molar-refractivity contribution in [3.05, 3.63) is 23.6 Å². The van der Waals surface area contributed by atoms with Crippen LogP contribution in [0.25, 0.3) is 10.6 Å². The quantitative estimate of drug-likeness (QED) is 0.868. The molecule has 0 atom stereocenters. The van der Waals surface area contributed by atoms with E-state index in [1.807, 2.05) is 6.07 Å². The van der Waals surface area contributed by atoms with Crippen LogP contribution in [-0.4, -0.2) is 16.7 Å². The molecule has 0 spiro atoms. The molecule has 86 valence electrons. The Morgan fingerprint density at radius 1 is 1.44 bits per heavy atom. The van der Waals surface area contributed by atoms with Gasteiger partial charge in [-0.3, -0.25) is 0 Å². The molecule has 0 radical (unpaired) electrons. The van der Waals surface area contributed by atoms with Crippen LogP contribution in [0.4, 0.5) is 0 Å². The zero-order valence-electron chi connectivity index (χ0n) is 9.43. The van der Waals surface area contributed by atoms with Crippen LogP contribution in [0.5, 0.6) is 0 Å². The van der Waals surface area contributed by atoms with Crippen molar-refractivity contribution < 1.29 is 4.42 Å². The molecule has 4 nitrogen and oxygen atoms in total. The Bertz CT molecular complexity index is 422. The second-order valence-corrected chi connectivity index (χ2v) is 5.10. The highest BCUT2D eigenvalue weighted by Crippen LogP contribution is 2.23. The van der Waals surface area contributed by atoms with Gasteiger partial charge in [0.25, 0.3) is 0 Å². The summed E-state index contributed by atoms with van der Waals surface area (Å²) in [4.78, 5) is 0. The summed E-state index contributed by atoms with van der Waals surface area (Å²) in [6, 6.07) is 1.89. The van der Waals surface area contributed by atoms with Crippen LogP contribution < -0.4 is 5.32 Å². The summed E-state index contributed by atoms with van der Waals surface area (Å²) in [6.45, 7) is 6.16. The molecule has 0 aliphatic carbocycles. The van der Waals surface area contributed by atoms with Crippen LogP contribution >= 0.6 is 11.3 Å². The van der Waals surface area contributed by atoms with E-state index in [0.29, 0.717) is 5.92 Å². The molecule has 16 heavy (non-hydrogen) atoms. The molecule has 0 aliphatic rings. The average Bonchev–Trinajstić information content (AvgIpc) is 2.85. The lowest BCUT2D eigenvalue weighted by Crippen LogP contribution is -2.18. The van der Waals surface area contributed by atoms with Gasteiger partial charge in [-0.1, -0.05) is 25.2 Å². The third kappa shape index (κ3) is 2.90. The minimum Gasteiger partial charge on any atom is -0.472 e. The van der Waals surface area contributed by atoms with E-state index in [1.54, 1.807) is 23.9 Å². The number of aromatic nitrogens is 2. The first-order valence-corrected chi connectivity index (χ1v) is 6.13. The molecular weight excluding hydrogens is 222 g/mol. The Morgan fingerprint density at radius 3 is 3.00 bits per heavy atom. The summed E-state index contributed by atoms with van der Waals surface area (Å²) in [7, 11) is 0. The van der Waals surface area contributed by atoms with Gasteiger partial charge in [-0.25, -0.2) is 0 Å². The van der Waals surface area contributed by atoms with Crippen molar-refractivity contribution in [1.29, 1.82) is 0 Å². The minimum absolute atomic E-state index is 0.654. The van der Waals surface area contributed by atoms with Gasteiger partial charge in [-0.2, -0.15) is 0 Å². The number of nitrogens with one attached hydrogen (secondary N) is 1. The first-order chi connectivity index (χ1) is 7.75. The largest absolute Gasteiger partial charge is 0.472 e. The Labute approximate surface area is 98.7 Å². The fraction of sp³-hybridized carbons (Fsp3) is 0.455. The van der Waals surface area contributed by atoms with Gasteiger partial charge in [0.2, 0.25) is 0 Å². The van der Waals surface area contributed by atoms with Crippen molar-refractivity contribution in [1.82, 2.24) is 15.5 Å². The van der Waals surface area contributed by atoms with Gasteiger partial charge < -0.3 is 9.73 Å². The van der Waals surface area contributed by atoms with Crippen LogP contribution in [-0.2, 0) is 6.54 Å². The van der Waals surface area contributed by atoms with Crippen molar-refractivity contribution >= 4 is 11.3 Å². The summed E-state index contributed by atoms with van der Waals surface area (Å²) in [5.41, 5.74) is 0.993. The molecule has 0 saturated heterocycles. The van der Waals surface area contributed by atoms with Gasteiger partial charge in [0.15, 0.2) is 5.01 Å². The zero-order valence-corrected chi connectivity index (χ0v) is 10.3. The lowest BCUT2D eigenvalue weighted by Gasteiger charge is -2.03. The molecule has 2 aromatic heterocycles. The third-order valence-corrected chi connectivity index (χ3v) is 3.04. The van der Waals surface area contributed by atoms with Crippen molar-refractivity contribution in [3.8, 4) is 10.6 Å². The van der Waals surface area contributed by atoms with Crippen LogP contribution in [0, 0.1) is 5.92 Å². The highest BCUT2D eigenvalue weighted by Gasteiger charge is 2.07. The van der Waals surface area contributed by atoms with E-state index in [2.05, 4.69) is 29.4 Å². The summed E-state index contributed by atoms with van der Waals surface area (Å²) < 4.78 is 5.01. The fourth-order valence-electron chi connectivity index (χ4n) is 1.30. The molecule has 0 unspecified atom stereocenters. The Hall–Kier alpha value is -1.20. The third-order valence-electron chi connectivity index (χ3n) is 2.06. The second kappa shape index (κ2) is 5.23. The highest BCUT2D eigenvalue weighted by molar-refractivity contribution is 7.14. The van der Waals surface area contributed by atoms with Gasteiger partial charge in [-0.15, -0.1) is 10.2 Å². The van der Waals surface area contributed by atoms with Crippen molar-refractivity contribution in [2.75, 3.05) is 6.54 Å². The van der Waals surface area contributed by atoms with Crippen molar-refractivity contribution in [3.63, 3.8) is 0 Å². The molecular formula is C11H15N3OS. The summed E-state index contributed by atoms with van der Waals surface area (Å²) in [5, 5.41) is 13.5. The van der Waals surface area contributed by atoms with E-state index >= 15 is 0 Å². The lowest BCUT2D eigenvalue weighted by atomic mass is 10.2. The first kappa shape index (κ1) is 11.3. The van der Waals surface area contributed by atoms with Crippen molar-refractivity contribution in [2.45, 2.75) is 20.4 Å². The molecule has 0 aliphatic heterocycles. The standard InChI is InChI=1S/C11H15N3OS/c1-8(2)5-12-6-10-13-14-11(16-10)9-3-4-15-7-9/h3-4,7-8,12H,5-6H2,1-2H3. The SMILES string of the molecule is CC(C)CNCc1nnc(-c2ccoc2)s1. The van der Waals surface area contributed by atoms with E-state index in [4.69, 9.17) is 4.42 Å². The summed E-state index contributed by atoms with van der Waals surface area (Å²) in [5.74, 6) is 0.654. The van der Waals surface area contributed by atoms with E-state index in [0.717, 1.165) is 28.7 Å². The number of nitrogens with zero attached hydrogens (tertiary/aromatic N) is 2. The normalized spacial score (nSPS) is 11.2. The molecule has 2 heterocycles. The first-order valence-electron chi connectivity index (χ1n) is 5.31. The molecule has 0 aromatic carbocycles. The Morgan fingerprint density at radius 2 is 2.31 bits per heavy atom. The summed E-state index contributed by atoms with van der Waals surface area (Å²) in [6.07, 6.45) is 3.33. The predicted octanol–water partition coefficient (Wildman–Crippen LogP) is 2.54. The molecule has 2 rings (SSSR count). The fourth-order valence-corrected chi connectivity index (χ4v) is 2.09. The second-order valence-electron chi connectivity index (χ2n) is 4.04.